The number of nitrogens with zero attached hydrogens (tertiary/aromatic N) is 2. The van der Waals surface area contributed by atoms with Crippen molar-refractivity contribution in [3.63, 3.8) is 0 Å². The number of hydrogen-bond donors (Lipinski definition) is 0. The van der Waals surface area contributed by atoms with Gasteiger partial charge in [0.2, 0.25) is 0 Å². The molecule has 0 saturated carbocycles. The van der Waals surface area contributed by atoms with Gasteiger partial charge in [-0.15, -0.1) is 0 Å². The summed E-state index contributed by atoms with van der Waals surface area (Å²) in [4.78, 5) is 37.2. The van der Waals surface area contributed by atoms with Crippen molar-refractivity contribution in [1.82, 2.24) is 4.90 Å². The van der Waals surface area contributed by atoms with Gasteiger partial charge in [0, 0.05) is 11.6 Å². The molecule has 0 N–H and O–H groups in total. The van der Waals surface area contributed by atoms with Crippen molar-refractivity contribution < 1.29 is 32.4 Å². The molecule has 2 aromatic rings. The van der Waals surface area contributed by atoms with Crippen molar-refractivity contribution in [1.29, 1.82) is 0 Å². The van der Waals surface area contributed by atoms with Crippen molar-refractivity contribution in [3.8, 4) is 11.5 Å². The SMILES string of the molecule is CCOc1ccc(C(CS(C)(=O)=O)N2C(=O)c3csc([N+](=O)[O-])c3C2=O)cc1OC. The Morgan fingerprint density at radius 1 is 1.23 bits per heavy atom. The van der Waals surface area contributed by atoms with Crippen LogP contribution in [0.3, 0.4) is 0 Å². The lowest BCUT2D eigenvalue weighted by atomic mass is 10.1. The topological polar surface area (TPSA) is 133 Å². The van der Waals surface area contributed by atoms with Gasteiger partial charge in [0.15, 0.2) is 11.5 Å². The predicted molar refractivity (Wildman–Crippen MR) is 108 cm³/mol. The number of carbonyl (C=O) groups is 2. The minimum atomic E-state index is -3.64. The summed E-state index contributed by atoms with van der Waals surface area (Å²) < 4.78 is 34.9. The summed E-state index contributed by atoms with van der Waals surface area (Å²) >= 11 is 0.682. The molecule has 1 aliphatic heterocycles. The fraction of sp³-hybridized carbons (Fsp3) is 0.333. The number of fused-ring (bicyclic) bond motifs is 1. The zero-order valence-corrected chi connectivity index (χ0v) is 17.9. The highest BCUT2D eigenvalue weighted by molar-refractivity contribution is 7.90. The fourth-order valence-corrected chi connectivity index (χ4v) is 5.01. The Balaban J connectivity index is 2.11. The summed E-state index contributed by atoms with van der Waals surface area (Å²) in [6.45, 7) is 2.15. The zero-order valence-electron chi connectivity index (χ0n) is 16.3. The minimum absolute atomic E-state index is 0.104. The van der Waals surface area contributed by atoms with Gasteiger partial charge in [0.25, 0.3) is 11.8 Å². The van der Waals surface area contributed by atoms with Crippen LogP contribution in [0, 0.1) is 10.1 Å². The number of carbonyl (C=O) groups excluding carboxylic acids is 2. The first-order valence-corrected chi connectivity index (χ1v) is 11.6. The number of hydrogen-bond acceptors (Lipinski definition) is 9. The van der Waals surface area contributed by atoms with Gasteiger partial charge in [0.05, 0.1) is 36.0 Å². The van der Waals surface area contributed by atoms with Crippen LogP contribution < -0.4 is 9.47 Å². The van der Waals surface area contributed by atoms with Crippen molar-refractivity contribution in [3.05, 3.63) is 50.4 Å². The second kappa shape index (κ2) is 8.03. The van der Waals surface area contributed by atoms with E-state index in [9.17, 15) is 28.1 Å². The van der Waals surface area contributed by atoms with Crippen LogP contribution in [0.4, 0.5) is 5.00 Å². The Kier molecular flexibility index (Phi) is 5.81. The largest absolute Gasteiger partial charge is 0.493 e. The van der Waals surface area contributed by atoms with E-state index in [4.69, 9.17) is 9.47 Å². The van der Waals surface area contributed by atoms with E-state index < -0.39 is 43.4 Å². The lowest BCUT2D eigenvalue weighted by molar-refractivity contribution is -0.380. The molecule has 10 nitrogen and oxygen atoms in total. The first-order chi connectivity index (χ1) is 14.1. The smallest absolute Gasteiger partial charge is 0.337 e. The standard InChI is InChI=1S/C18H18N2O8S2/c1-4-28-13-6-5-10(7-14(13)27-2)12(9-30(3,25)26)19-16(21)11-8-29-18(20(23)24)15(11)17(19)22/h5-8,12H,4,9H2,1-3H3. The summed E-state index contributed by atoms with van der Waals surface area (Å²) in [7, 11) is -2.24. The highest BCUT2D eigenvalue weighted by atomic mass is 32.2. The van der Waals surface area contributed by atoms with Gasteiger partial charge >= 0.3 is 5.00 Å². The molecule has 30 heavy (non-hydrogen) atoms. The van der Waals surface area contributed by atoms with E-state index in [2.05, 4.69) is 0 Å². The van der Waals surface area contributed by atoms with E-state index in [1.54, 1.807) is 13.0 Å². The van der Waals surface area contributed by atoms with Crippen LogP contribution in [0.1, 0.15) is 39.2 Å². The Morgan fingerprint density at radius 3 is 2.50 bits per heavy atom. The maximum atomic E-state index is 13.0. The van der Waals surface area contributed by atoms with Crippen molar-refractivity contribution >= 4 is 38.0 Å². The van der Waals surface area contributed by atoms with E-state index in [0.29, 0.717) is 35.0 Å². The Labute approximate surface area is 176 Å². The van der Waals surface area contributed by atoms with Gasteiger partial charge in [-0.25, -0.2) is 8.42 Å². The van der Waals surface area contributed by atoms with Crippen LogP contribution in [-0.4, -0.2) is 55.8 Å². The first-order valence-electron chi connectivity index (χ1n) is 8.71. The molecular weight excluding hydrogens is 436 g/mol. The quantitative estimate of drug-likeness (QED) is 0.337. The highest BCUT2D eigenvalue weighted by Crippen LogP contribution is 2.41. The molecule has 1 atom stereocenters. The van der Waals surface area contributed by atoms with E-state index in [-0.39, 0.29) is 11.1 Å². The van der Waals surface area contributed by atoms with Crippen molar-refractivity contribution in [2.45, 2.75) is 13.0 Å². The Morgan fingerprint density at radius 2 is 1.93 bits per heavy atom. The summed E-state index contributed by atoms with van der Waals surface area (Å²) in [5.74, 6) is -1.52. The molecule has 3 rings (SSSR count). The summed E-state index contributed by atoms with van der Waals surface area (Å²) in [5.41, 5.74) is -0.0987. The van der Waals surface area contributed by atoms with Crippen LogP contribution >= 0.6 is 11.3 Å². The molecular formula is C18H18N2O8S2. The average Bonchev–Trinajstić information content (AvgIpc) is 3.21. The van der Waals surface area contributed by atoms with E-state index >= 15 is 0 Å². The fourth-order valence-electron chi connectivity index (χ4n) is 3.24. The number of thiophene rings is 1. The first kappa shape index (κ1) is 21.7. The third-order valence-corrected chi connectivity index (χ3v) is 6.32. The highest BCUT2D eigenvalue weighted by Gasteiger charge is 2.47. The molecule has 1 aromatic carbocycles. The molecule has 0 saturated heterocycles. The average molecular weight is 454 g/mol. The predicted octanol–water partition coefficient (Wildman–Crippen LogP) is 2.45. The van der Waals surface area contributed by atoms with Gasteiger partial charge in [-0.3, -0.25) is 24.6 Å². The molecule has 0 fully saturated rings. The number of ether oxygens (including phenoxy) is 2. The van der Waals surface area contributed by atoms with E-state index in [1.807, 2.05) is 0 Å². The molecule has 2 heterocycles. The molecule has 1 unspecified atom stereocenters. The Bertz CT molecular complexity index is 1140. The third-order valence-electron chi connectivity index (χ3n) is 4.46. The Hall–Kier alpha value is -2.99. The second-order valence-electron chi connectivity index (χ2n) is 6.52. The van der Waals surface area contributed by atoms with Crippen LogP contribution in [-0.2, 0) is 9.84 Å². The zero-order chi connectivity index (χ0) is 22.2. The van der Waals surface area contributed by atoms with Gasteiger partial charge in [-0.1, -0.05) is 17.4 Å². The molecule has 2 amide bonds. The van der Waals surface area contributed by atoms with Crippen LogP contribution in [0.5, 0.6) is 11.5 Å². The molecule has 0 bridgehead atoms. The van der Waals surface area contributed by atoms with Crippen LogP contribution in [0.15, 0.2) is 23.6 Å². The normalized spacial score (nSPS) is 14.6. The van der Waals surface area contributed by atoms with Gasteiger partial charge < -0.3 is 9.47 Å². The van der Waals surface area contributed by atoms with E-state index in [0.717, 1.165) is 11.2 Å². The maximum Gasteiger partial charge on any atom is 0.337 e. The van der Waals surface area contributed by atoms with Crippen LogP contribution in [0.25, 0.3) is 0 Å². The molecule has 12 heteroatoms. The van der Waals surface area contributed by atoms with E-state index in [1.165, 1.54) is 24.6 Å². The number of rotatable bonds is 8. The minimum Gasteiger partial charge on any atom is -0.493 e. The lowest BCUT2D eigenvalue weighted by Crippen LogP contribution is -2.38. The summed E-state index contributed by atoms with van der Waals surface area (Å²) in [6, 6.07) is 3.38. The van der Waals surface area contributed by atoms with Gasteiger partial charge in [-0.05, 0) is 24.6 Å². The van der Waals surface area contributed by atoms with Crippen molar-refractivity contribution in [2.75, 3.05) is 25.7 Å². The number of benzene rings is 1. The molecule has 0 radical (unpaired) electrons. The number of sulfone groups is 1. The molecule has 0 aliphatic carbocycles. The molecule has 1 aliphatic rings. The molecule has 1 aromatic heterocycles. The monoisotopic (exact) mass is 454 g/mol. The van der Waals surface area contributed by atoms with Crippen molar-refractivity contribution in [2.24, 2.45) is 0 Å². The van der Waals surface area contributed by atoms with Crippen LogP contribution in [0.2, 0.25) is 0 Å². The number of amides is 2. The maximum absolute atomic E-state index is 13.0. The number of methoxy groups -OCH3 is 1. The second-order valence-corrected chi connectivity index (χ2v) is 9.56. The molecule has 0 spiro atoms. The number of nitro groups is 1. The lowest BCUT2D eigenvalue weighted by Gasteiger charge is -2.26. The molecule has 160 valence electrons. The number of imide groups is 1. The van der Waals surface area contributed by atoms with Gasteiger partial charge in [-0.2, -0.15) is 0 Å². The third kappa shape index (κ3) is 3.87. The summed E-state index contributed by atoms with van der Waals surface area (Å²) in [6.07, 6.45) is 0.981. The van der Waals surface area contributed by atoms with Gasteiger partial charge in [0.1, 0.15) is 15.4 Å². The summed E-state index contributed by atoms with van der Waals surface area (Å²) in [5, 5.41) is 12.0.